The number of halogens is 1. The molecular weight excluding hydrogens is 283 g/mol. The molecule has 0 saturated heterocycles. The van der Waals surface area contributed by atoms with Crippen molar-refractivity contribution < 1.29 is 0 Å². The molecule has 0 nitrogen and oxygen atoms in total. The molecule has 84 valence electrons. The third-order valence-corrected chi connectivity index (χ3v) is 3.07. The third-order valence-electron chi connectivity index (χ3n) is 2.56. The molecule has 1 heteroatoms. The summed E-state index contributed by atoms with van der Waals surface area (Å²) < 4.78 is 2.13. The number of hydrogen-bond donors (Lipinski definition) is 0. The van der Waals surface area contributed by atoms with E-state index >= 15 is 0 Å². The second-order valence-corrected chi connectivity index (χ2v) is 4.70. The Morgan fingerprint density at radius 1 is 0.786 bits per heavy atom. The second-order valence-electron chi connectivity index (χ2n) is 3.98. The van der Waals surface area contributed by atoms with Gasteiger partial charge >= 0.3 is 0 Å². The van der Waals surface area contributed by atoms with E-state index < -0.39 is 0 Å². The molecule has 0 amide bonds. The molecule has 0 aromatic heterocycles. The zero-order valence-electron chi connectivity index (χ0n) is 9.60. The fraction of sp³-hybridized carbons (Fsp3) is 0.846. The molecule has 0 aliphatic heterocycles. The number of allylic oxidation sites excluding steroid dienone is 1. The minimum atomic E-state index is 1.28. The first-order valence-corrected chi connectivity index (χ1v) is 7.41. The van der Waals surface area contributed by atoms with Crippen LogP contribution in [-0.2, 0) is 0 Å². The topological polar surface area (TPSA) is 0 Å². The van der Waals surface area contributed by atoms with Gasteiger partial charge in [0.2, 0.25) is 0 Å². The molecule has 0 rings (SSSR count). The summed E-state index contributed by atoms with van der Waals surface area (Å²) in [5.74, 6) is 0. The zero-order valence-corrected chi connectivity index (χ0v) is 11.8. The van der Waals surface area contributed by atoms with Crippen molar-refractivity contribution in [2.24, 2.45) is 0 Å². The third kappa shape index (κ3) is 12.5. The van der Waals surface area contributed by atoms with Gasteiger partial charge in [-0.15, -0.1) is 0 Å². The minimum absolute atomic E-state index is 1.28. The SMILES string of the molecule is CCCCCCCCCCC/C=C/I. The first-order chi connectivity index (χ1) is 6.91. The van der Waals surface area contributed by atoms with E-state index in [1.54, 1.807) is 0 Å². The molecule has 0 aromatic carbocycles. The van der Waals surface area contributed by atoms with Crippen LogP contribution in [0.25, 0.3) is 0 Å². The van der Waals surface area contributed by atoms with Crippen LogP contribution in [-0.4, -0.2) is 0 Å². The summed E-state index contributed by atoms with van der Waals surface area (Å²) in [4.78, 5) is 0. The van der Waals surface area contributed by atoms with E-state index in [2.05, 4.69) is 39.7 Å². The standard InChI is InChI=1S/C13H25I/c1-2-3-4-5-6-7-8-9-10-11-12-13-14/h12-13H,2-11H2,1H3/b13-12+. The van der Waals surface area contributed by atoms with Crippen LogP contribution >= 0.6 is 22.6 Å². The maximum atomic E-state index is 2.29. The molecule has 0 radical (unpaired) electrons. The number of hydrogen-bond acceptors (Lipinski definition) is 0. The van der Waals surface area contributed by atoms with Gasteiger partial charge < -0.3 is 0 Å². The first kappa shape index (κ1) is 14.5. The number of rotatable bonds is 10. The molecule has 0 heterocycles. The van der Waals surface area contributed by atoms with Gasteiger partial charge in [-0.25, -0.2) is 0 Å². The molecule has 0 spiro atoms. The van der Waals surface area contributed by atoms with Crippen LogP contribution in [0.4, 0.5) is 0 Å². The number of unbranched alkanes of at least 4 members (excludes halogenated alkanes) is 9. The van der Waals surface area contributed by atoms with Crippen molar-refractivity contribution in [2.75, 3.05) is 0 Å². The molecule has 0 fully saturated rings. The van der Waals surface area contributed by atoms with Gasteiger partial charge in [-0.2, -0.15) is 0 Å². The van der Waals surface area contributed by atoms with Gasteiger partial charge in [0.1, 0.15) is 0 Å². The van der Waals surface area contributed by atoms with Gasteiger partial charge in [0, 0.05) is 0 Å². The molecule has 0 bridgehead atoms. The maximum absolute atomic E-state index is 2.29. The van der Waals surface area contributed by atoms with Crippen LogP contribution in [0.15, 0.2) is 10.2 Å². The predicted octanol–water partition coefficient (Wildman–Crippen LogP) is 5.86. The maximum Gasteiger partial charge on any atom is -0.0274 e. The van der Waals surface area contributed by atoms with E-state index in [0.717, 1.165) is 0 Å². The van der Waals surface area contributed by atoms with Gasteiger partial charge in [-0.05, 0) is 16.9 Å². The summed E-state index contributed by atoms with van der Waals surface area (Å²) in [6.45, 7) is 2.28. The molecule has 0 saturated carbocycles. The minimum Gasteiger partial charge on any atom is -0.0785 e. The Balaban J connectivity index is 2.85. The highest BCUT2D eigenvalue weighted by molar-refractivity contribution is 14.1. The van der Waals surface area contributed by atoms with Crippen molar-refractivity contribution in [2.45, 2.75) is 71.1 Å². The Labute approximate surface area is 104 Å². The van der Waals surface area contributed by atoms with E-state index in [1.165, 1.54) is 64.2 Å². The lowest BCUT2D eigenvalue weighted by Gasteiger charge is -2.00. The van der Waals surface area contributed by atoms with Crippen molar-refractivity contribution in [1.82, 2.24) is 0 Å². The average Bonchev–Trinajstić information content (AvgIpc) is 2.21. The largest absolute Gasteiger partial charge is 0.0785 e. The lowest BCUT2D eigenvalue weighted by Crippen LogP contribution is -1.80. The summed E-state index contributed by atoms with van der Waals surface area (Å²) >= 11 is 2.29. The molecule has 0 aliphatic carbocycles. The van der Waals surface area contributed by atoms with Crippen LogP contribution in [0.5, 0.6) is 0 Å². The van der Waals surface area contributed by atoms with Crippen molar-refractivity contribution in [3.63, 3.8) is 0 Å². The van der Waals surface area contributed by atoms with Crippen LogP contribution in [0.3, 0.4) is 0 Å². The zero-order chi connectivity index (χ0) is 10.5. The van der Waals surface area contributed by atoms with Crippen LogP contribution in [0.2, 0.25) is 0 Å². The van der Waals surface area contributed by atoms with Crippen LogP contribution < -0.4 is 0 Å². The quantitative estimate of drug-likeness (QED) is 0.350. The van der Waals surface area contributed by atoms with Crippen molar-refractivity contribution in [3.05, 3.63) is 10.2 Å². The Morgan fingerprint density at radius 2 is 1.29 bits per heavy atom. The lowest BCUT2D eigenvalue weighted by atomic mass is 10.1. The molecular formula is C13H25I. The molecule has 0 unspecified atom stereocenters. The molecule has 14 heavy (non-hydrogen) atoms. The van der Waals surface area contributed by atoms with E-state index in [1.807, 2.05) is 0 Å². The van der Waals surface area contributed by atoms with Gasteiger partial charge in [-0.1, -0.05) is 87.0 Å². The van der Waals surface area contributed by atoms with Crippen molar-refractivity contribution in [1.29, 1.82) is 0 Å². The Kier molecular flexibility index (Phi) is 13.9. The summed E-state index contributed by atoms with van der Waals surface area (Å²) in [6.07, 6.45) is 16.4. The predicted molar refractivity (Wildman–Crippen MR) is 75.0 cm³/mol. The Hall–Kier alpha value is 0.470. The summed E-state index contributed by atoms with van der Waals surface area (Å²) in [7, 11) is 0. The van der Waals surface area contributed by atoms with E-state index in [4.69, 9.17) is 0 Å². The van der Waals surface area contributed by atoms with Crippen LogP contribution in [0, 0.1) is 0 Å². The second kappa shape index (κ2) is 13.5. The van der Waals surface area contributed by atoms with E-state index in [-0.39, 0.29) is 0 Å². The Morgan fingerprint density at radius 3 is 1.79 bits per heavy atom. The summed E-state index contributed by atoms with van der Waals surface area (Å²) in [5.41, 5.74) is 0. The Bertz CT molecular complexity index is 118. The van der Waals surface area contributed by atoms with Gasteiger partial charge in [0.15, 0.2) is 0 Å². The lowest BCUT2D eigenvalue weighted by molar-refractivity contribution is 0.566. The van der Waals surface area contributed by atoms with E-state index in [9.17, 15) is 0 Å². The monoisotopic (exact) mass is 308 g/mol. The van der Waals surface area contributed by atoms with Gasteiger partial charge in [0.05, 0.1) is 0 Å². The van der Waals surface area contributed by atoms with Crippen LogP contribution in [0.1, 0.15) is 71.1 Å². The molecule has 0 aromatic rings. The smallest absolute Gasteiger partial charge is 0.0274 e. The molecule has 0 N–H and O–H groups in total. The molecule has 0 atom stereocenters. The van der Waals surface area contributed by atoms with Gasteiger partial charge in [-0.3, -0.25) is 0 Å². The first-order valence-electron chi connectivity index (χ1n) is 6.17. The van der Waals surface area contributed by atoms with Crippen molar-refractivity contribution in [3.8, 4) is 0 Å². The normalized spacial score (nSPS) is 11.3. The highest BCUT2D eigenvalue weighted by Crippen LogP contribution is 2.10. The fourth-order valence-electron chi connectivity index (χ4n) is 1.64. The average molecular weight is 308 g/mol. The molecule has 0 aliphatic rings. The summed E-state index contributed by atoms with van der Waals surface area (Å²) in [6, 6.07) is 0. The highest BCUT2D eigenvalue weighted by atomic mass is 127. The fourth-order valence-corrected chi connectivity index (χ4v) is 2.00. The van der Waals surface area contributed by atoms with Crippen molar-refractivity contribution >= 4 is 22.6 Å². The van der Waals surface area contributed by atoms with E-state index in [0.29, 0.717) is 0 Å². The summed E-state index contributed by atoms with van der Waals surface area (Å²) in [5, 5.41) is 0. The van der Waals surface area contributed by atoms with Gasteiger partial charge in [0.25, 0.3) is 0 Å². The highest BCUT2D eigenvalue weighted by Gasteiger charge is 1.90.